The topological polar surface area (TPSA) is 84.9 Å². The van der Waals surface area contributed by atoms with Gasteiger partial charge in [0, 0.05) is 12.2 Å². The molecule has 6 heteroatoms. The average molecular weight is 335 g/mol. The van der Waals surface area contributed by atoms with E-state index in [0.29, 0.717) is 30.8 Å². The van der Waals surface area contributed by atoms with E-state index in [4.69, 9.17) is 9.47 Å². The predicted octanol–water partition coefficient (Wildman–Crippen LogP) is 2.62. The van der Waals surface area contributed by atoms with Crippen LogP contribution in [0.2, 0.25) is 0 Å². The Morgan fingerprint density at radius 3 is 2.62 bits per heavy atom. The Hall–Kier alpha value is -2.08. The van der Waals surface area contributed by atoms with E-state index in [1.807, 2.05) is 6.92 Å². The molecule has 0 saturated carbocycles. The minimum absolute atomic E-state index is 0.137. The summed E-state index contributed by atoms with van der Waals surface area (Å²) in [5.41, 5.74) is -0.857. The molecule has 1 amide bonds. The molecule has 0 spiro atoms. The maximum atomic E-state index is 12.3. The van der Waals surface area contributed by atoms with Gasteiger partial charge in [-0.2, -0.15) is 0 Å². The van der Waals surface area contributed by atoms with Crippen molar-refractivity contribution in [3.63, 3.8) is 0 Å². The number of rotatable bonds is 8. The van der Waals surface area contributed by atoms with Crippen molar-refractivity contribution in [3.8, 4) is 5.75 Å². The average Bonchev–Trinajstić information content (AvgIpc) is 3.07. The first-order valence-electron chi connectivity index (χ1n) is 8.35. The monoisotopic (exact) mass is 335 g/mol. The quantitative estimate of drug-likeness (QED) is 0.763. The van der Waals surface area contributed by atoms with Crippen molar-refractivity contribution in [3.05, 3.63) is 29.8 Å². The summed E-state index contributed by atoms with van der Waals surface area (Å²) in [6.07, 6.45) is 3.24. The predicted molar refractivity (Wildman–Crippen MR) is 89.3 cm³/mol. The van der Waals surface area contributed by atoms with Gasteiger partial charge in [0.25, 0.3) is 5.91 Å². The standard InChI is InChI=1S/C18H25NO5/c1-3-10-18(2,17(21)22)19-16(20)13-6-8-14(9-7-13)24-12-15-5-4-11-23-15/h6-9,15H,3-5,10-12H2,1-2H3,(H,19,20)(H,21,22). The van der Waals surface area contributed by atoms with Gasteiger partial charge in [-0.1, -0.05) is 13.3 Å². The number of carboxylic acids is 1. The van der Waals surface area contributed by atoms with Crippen LogP contribution in [-0.4, -0.2) is 41.8 Å². The van der Waals surface area contributed by atoms with Crippen LogP contribution in [0, 0.1) is 0 Å². The minimum Gasteiger partial charge on any atom is -0.491 e. The highest BCUT2D eigenvalue weighted by Gasteiger charge is 2.34. The number of carboxylic acid groups (broad SMARTS) is 1. The van der Waals surface area contributed by atoms with Gasteiger partial charge in [0.1, 0.15) is 17.9 Å². The molecule has 2 unspecified atom stereocenters. The van der Waals surface area contributed by atoms with E-state index in [9.17, 15) is 14.7 Å². The maximum absolute atomic E-state index is 12.3. The molecule has 1 aromatic carbocycles. The molecule has 2 rings (SSSR count). The molecule has 1 aromatic rings. The van der Waals surface area contributed by atoms with Crippen molar-refractivity contribution in [1.82, 2.24) is 5.32 Å². The van der Waals surface area contributed by atoms with Crippen molar-refractivity contribution in [2.75, 3.05) is 13.2 Å². The highest BCUT2D eigenvalue weighted by atomic mass is 16.5. The van der Waals surface area contributed by atoms with Crippen molar-refractivity contribution >= 4 is 11.9 Å². The highest BCUT2D eigenvalue weighted by Crippen LogP contribution is 2.18. The lowest BCUT2D eigenvalue weighted by Crippen LogP contribution is -2.52. The first-order chi connectivity index (χ1) is 11.4. The number of carbonyl (C=O) groups excluding carboxylic acids is 1. The number of aliphatic carboxylic acids is 1. The summed E-state index contributed by atoms with van der Waals surface area (Å²) < 4.78 is 11.1. The van der Waals surface area contributed by atoms with Crippen LogP contribution in [0.4, 0.5) is 0 Å². The molecular weight excluding hydrogens is 310 g/mol. The molecule has 1 aliphatic rings. The van der Waals surface area contributed by atoms with E-state index >= 15 is 0 Å². The Labute approximate surface area is 142 Å². The lowest BCUT2D eigenvalue weighted by molar-refractivity contribution is -0.144. The van der Waals surface area contributed by atoms with Crippen molar-refractivity contribution in [2.45, 2.75) is 51.2 Å². The summed E-state index contributed by atoms with van der Waals surface area (Å²) >= 11 is 0. The molecule has 0 bridgehead atoms. The Bertz CT molecular complexity index is 565. The zero-order chi connectivity index (χ0) is 17.6. The molecule has 24 heavy (non-hydrogen) atoms. The summed E-state index contributed by atoms with van der Waals surface area (Å²) in [7, 11) is 0. The third-order valence-electron chi connectivity index (χ3n) is 4.19. The van der Waals surface area contributed by atoms with Crippen molar-refractivity contribution in [2.24, 2.45) is 0 Å². The van der Waals surface area contributed by atoms with Gasteiger partial charge in [-0.3, -0.25) is 4.79 Å². The number of hydrogen-bond donors (Lipinski definition) is 2. The van der Waals surface area contributed by atoms with E-state index in [2.05, 4.69) is 5.32 Å². The second-order valence-corrected chi connectivity index (χ2v) is 6.31. The van der Waals surface area contributed by atoms with Crippen LogP contribution < -0.4 is 10.1 Å². The van der Waals surface area contributed by atoms with Gasteiger partial charge in [0.15, 0.2) is 0 Å². The molecule has 0 radical (unpaired) electrons. The largest absolute Gasteiger partial charge is 0.491 e. The summed E-state index contributed by atoms with van der Waals surface area (Å²) in [6.45, 7) is 4.69. The van der Waals surface area contributed by atoms with Crippen molar-refractivity contribution < 1.29 is 24.2 Å². The number of amides is 1. The minimum atomic E-state index is -1.26. The fourth-order valence-corrected chi connectivity index (χ4v) is 2.71. The number of hydrogen-bond acceptors (Lipinski definition) is 4. The third-order valence-corrected chi connectivity index (χ3v) is 4.19. The summed E-state index contributed by atoms with van der Waals surface area (Å²) in [6, 6.07) is 6.69. The highest BCUT2D eigenvalue weighted by molar-refractivity contribution is 5.97. The Morgan fingerprint density at radius 1 is 1.38 bits per heavy atom. The van der Waals surface area contributed by atoms with E-state index in [1.165, 1.54) is 6.92 Å². The Balaban J connectivity index is 1.93. The zero-order valence-corrected chi connectivity index (χ0v) is 14.2. The van der Waals surface area contributed by atoms with Crippen LogP contribution >= 0.6 is 0 Å². The number of nitrogens with one attached hydrogen (secondary N) is 1. The second-order valence-electron chi connectivity index (χ2n) is 6.31. The van der Waals surface area contributed by atoms with Gasteiger partial charge < -0.3 is 19.9 Å². The summed E-state index contributed by atoms with van der Waals surface area (Å²) in [5.74, 6) is -0.773. The Kier molecular flexibility index (Phi) is 6.20. The fraction of sp³-hybridized carbons (Fsp3) is 0.556. The van der Waals surface area contributed by atoms with E-state index < -0.39 is 17.4 Å². The first kappa shape index (κ1) is 18.3. The molecule has 1 fully saturated rings. The molecular formula is C18H25NO5. The van der Waals surface area contributed by atoms with Gasteiger partial charge in [0.2, 0.25) is 0 Å². The zero-order valence-electron chi connectivity index (χ0n) is 14.2. The molecule has 6 nitrogen and oxygen atoms in total. The molecule has 1 aliphatic heterocycles. The first-order valence-corrected chi connectivity index (χ1v) is 8.35. The van der Waals surface area contributed by atoms with Crippen LogP contribution in [0.1, 0.15) is 49.9 Å². The van der Waals surface area contributed by atoms with E-state index in [1.54, 1.807) is 24.3 Å². The van der Waals surface area contributed by atoms with Crippen LogP contribution in [0.15, 0.2) is 24.3 Å². The molecule has 2 N–H and O–H groups in total. The van der Waals surface area contributed by atoms with E-state index in [-0.39, 0.29) is 6.10 Å². The Morgan fingerprint density at radius 2 is 2.08 bits per heavy atom. The normalized spacial score (nSPS) is 19.5. The molecule has 2 atom stereocenters. The van der Waals surface area contributed by atoms with Gasteiger partial charge in [0.05, 0.1) is 6.10 Å². The van der Waals surface area contributed by atoms with Crippen LogP contribution in [-0.2, 0) is 9.53 Å². The van der Waals surface area contributed by atoms with Crippen molar-refractivity contribution in [1.29, 1.82) is 0 Å². The summed E-state index contributed by atoms with van der Waals surface area (Å²) in [4.78, 5) is 23.7. The molecule has 1 heterocycles. The smallest absolute Gasteiger partial charge is 0.329 e. The van der Waals surface area contributed by atoms with E-state index in [0.717, 1.165) is 19.4 Å². The SMILES string of the molecule is CCCC(C)(NC(=O)c1ccc(OCC2CCCO2)cc1)C(=O)O. The third kappa shape index (κ3) is 4.71. The lowest BCUT2D eigenvalue weighted by Gasteiger charge is -2.25. The lowest BCUT2D eigenvalue weighted by atomic mass is 9.96. The summed E-state index contributed by atoms with van der Waals surface area (Å²) in [5, 5.41) is 11.9. The molecule has 0 aromatic heterocycles. The maximum Gasteiger partial charge on any atom is 0.329 e. The van der Waals surface area contributed by atoms with Crippen LogP contribution in [0.5, 0.6) is 5.75 Å². The van der Waals surface area contributed by atoms with Gasteiger partial charge in [-0.15, -0.1) is 0 Å². The van der Waals surface area contributed by atoms with Crippen LogP contribution in [0.3, 0.4) is 0 Å². The molecule has 132 valence electrons. The number of carbonyl (C=O) groups is 2. The molecule has 1 saturated heterocycles. The number of benzene rings is 1. The fourth-order valence-electron chi connectivity index (χ4n) is 2.71. The van der Waals surface area contributed by atoms with Gasteiger partial charge in [-0.25, -0.2) is 4.79 Å². The second kappa shape index (κ2) is 8.15. The van der Waals surface area contributed by atoms with Gasteiger partial charge in [-0.05, 0) is 50.5 Å². The molecule has 0 aliphatic carbocycles. The van der Waals surface area contributed by atoms with Gasteiger partial charge >= 0.3 is 5.97 Å². The van der Waals surface area contributed by atoms with Crippen LogP contribution in [0.25, 0.3) is 0 Å². The number of ether oxygens (including phenoxy) is 2.